The molecule has 0 aliphatic rings. The van der Waals surface area contributed by atoms with Crippen LogP contribution in [0.15, 0.2) is 54.6 Å². The molecule has 3 aromatic carbocycles. The Balaban J connectivity index is 1.48. The van der Waals surface area contributed by atoms with Gasteiger partial charge in [0.25, 0.3) is 0 Å². The van der Waals surface area contributed by atoms with Gasteiger partial charge in [-0.15, -0.1) is 0 Å². The van der Waals surface area contributed by atoms with E-state index in [0.29, 0.717) is 5.75 Å². The van der Waals surface area contributed by atoms with Gasteiger partial charge in [0.05, 0.1) is 7.14 Å². The molecule has 0 fully saturated rings. The van der Waals surface area contributed by atoms with Gasteiger partial charge >= 0.3 is 27.4 Å². The number of hydrogen-bond donors (Lipinski definition) is 0. The molecule has 0 saturated heterocycles. The highest BCUT2D eigenvalue weighted by Gasteiger charge is 2.21. The van der Waals surface area contributed by atoms with Crippen molar-refractivity contribution >= 4 is 73.9 Å². The summed E-state index contributed by atoms with van der Waals surface area (Å²) in [6, 6.07) is 19.1. The standard InChI is InChI=1S/C26H25I4O4/c1-16-13-20(9-10-23(16)30-19-7-5-17(6-8-19)26(2,3)4)32-11-12-33-25(31)34-24-21(28)14-18(27)15-22(24)29/h5-10,13-15H,11-12H2,1-4H3/q+1. The van der Waals surface area contributed by atoms with Crippen LogP contribution in [-0.4, -0.2) is 19.4 Å². The molecular formula is C26H25I4O4+. The van der Waals surface area contributed by atoms with Crippen molar-refractivity contribution in [2.45, 2.75) is 33.1 Å². The lowest BCUT2D eigenvalue weighted by Crippen LogP contribution is -3.61. The predicted molar refractivity (Wildman–Crippen MR) is 156 cm³/mol. The van der Waals surface area contributed by atoms with Crippen LogP contribution in [0.4, 0.5) is 4.79 Å². The molecule has 0 aliphatic heterocycles. The maximum Gasteiger partial charge on any atom is 0.514 e. The van der Waals surface area contributed by atoms with Crippen LogP contribution in [0.1, 0.15) is 31.9 Å². The lowest BCUT2D eigenvalue weighted by molar-refractivity contribution is -0.598. The van der Waals surface area contributed by atoms with Crippen LogP contribution >= 0.6 is 67.8 Å². The van der Waals surface area contributed by atoms with E-state index in [1.807, 2.05) is 24.3 Å². The summed E-state index contributed by atoms with van der Waals surface area (Å²) in [5, 5.41) is 0. The fourth-order valence-electron chi connectivity index (χ4n) is 2.97. The van der Waals surface area contributed by atoms with Gasteiger partial charge in [0.15, 0.2) is 12.9 Å². The maximum absolute atomic E-state index is 12.1. The lowest BCUT2D eigenvalue weighted by Gasteiger charge is -2.18. The molecule has 0 amide bonds. The quantitative estimate of drug-likeness (QED) is 0.148. The van der Waals surface area contributed by atoms with Gasteiger partial charge in [-0.3, -0.25) is 0 Å². The first-order chi connectivity index (χ1) is 16.0. The zero-order valence-electron chi connectivity index (χ0n) is 19.3. The van der Waals surface area contributed by atoms with Gasteiger partial charge in [-0.25, -0.2) is 4.79 Å². The van der Waals surface area contributed by atoms with E-state index in [4.69, 9.17) is 14.2 Å². The van der Waals surface area contributed by atoms with Gasteiger partial charge in [-0.05, 0) is 128 Å². The summed E-state index contributed by atoms with van der Waals surface area (Å²) >= 11 is 6.27. The molecule has 3 rings (SSSR count). The molecule has 0 bridgehead atoms. The average Bonchev–Trinajstić information content (AvgIpc) is 2.75. The third-order valence-electron chi connectivity index (χ3n) is 4.77. The van der Waals surface area contributed by atoms with Crippen LogP contribution < -0.4 is 30.7 Å². The summed E-state index contributed by atoms with van der Waals surface area (Å²) in [4.78, 5) is 12.1. The Labute approximate surface area is 252 Å². The molecule has 0 heterocycles. The monoisotopic (exact) mass is 909 g/mol. The first kappa shape index (κ1) is 28.2. The van der Waals surface area contributed by atoms with E-state index in [9.17, 15) is 4.79 Å². The van der Waals surface area contributed by atoms with Crippen molar-refractivity contribution in [1.29, 1.82) is 0 Å². The molecule has 0 saturated carbocycles. The Morgan fingerprint density at radius 1 is 0.912 bits per heavy atom. The van der Waals surface area contributed by atoms with E-state index < -0.39 is 6.16 Å². The SMILES string of the molecule is Cc1cc(OCCOC(=O)Oc2c(I)cc(I)cc2I)ccc1[I+]c1ccc(C(C)(C)C)cc1. The summed E-state index contributed by atoms with van der Waals surface area (Å²) < 4.78 is 21.9. The zero-order chi connectivity index (χ0) is 24.9. The van der Waals surface area contributed by atoms with Crippen molar-refractivity contribution in [1.82, 2.24) is 0 Å². The zero-order valence-corrected chi connectivity index (χ0v) is 27.9. The van der Waals surface area contributed by atoms with Crippen molar-refractivity contribution in [3.8, 4) is 11.5 Å². The van der Waals surface area contributed by atoms with Crippen LogP contribution in [0, 0.1) is 24.8 Å². The van der Waals surface area contributed by atoms with E-state index in [1.54, 1.807) is 0 Å². The summed E-state index contributed by atoms with van der Waals surface area (Å²) in [6.07, 6.45) is -0.727. The van der Waals surface area contributed by atoms with Crippen molar-refractivity contribution in [2.75, 3.05) is 13.2 Å². The molecule has 0 unspecified atom stereocenters. The highest BCUT2D eigenvalue weighted by molar-refractivity contribution is 14.1. The maximum atomic E-state index is 12.1. The van der Waals surface area contributed by atoms with E-state index in [1.165, 1.54) is 18.3 Å². The molecule has 0 radical (unpaired) electrons. The van der Waals surface area contributed by atoms with Crippen molar-refractivity contribution < 1.29 is 40.2 Å². The number of ether oxygens (including phenoxy) is 3. The second-order valence-corrected chi connectivity index (χ2v) is 15.0. The molecule has 0 atom stereocenters. The van der Waals surface area contributed by atoms with Crippen molar-refractivity contribution in [3.05, 3.63) is 83.6 Å². The fraction of sp³-hybridized carbons (Fsp3) is 0.269. The first-order valence-corrected chi connectivity index (χ1v) is 15.9. The lowest BCUT2D eigenvalue weighted by atomic mass is 9.87. The Morgan fingerprint density at radius 3 is 2.15 bits per heavy atom. The topological polar surface area (TPSA) is 44.8 Å². The molecule has 34 heavy (non-hydrogen) atoms. The van der Waals surface area contributed by atoms with E-state index >= 15 is 0 Å². The summed E-state index contributed by atoms with van der Waals surface area (Å²) in [5.74, 6) is 1.29. The second-order valence-electron chi connectivity index (χ2n) is 8.51. The van der Waals surface area contributed by atoms with E-state index in [0.717, 1.165) is 16.5 Å². The molecule has 0 spiro atoms. The normalized spacial score (nSPS) is 11.3. The van der Waals surface area contributed by atoms with Gasteiger partial charge in [0.1, 0.15) is 19.0 Å². The summed E-state index contributed by atoms with van der Waals surface area (Å²) in [5.41, 5.74) is 2.74. The van der Waals surface area contributed by atoms with Gasteiger partial charge < -0.3 is 14.2 Å². The second kappa shape index (κ2) is 12.7. The molecule has 4 nitrogen and oxygen atoms in total. The highest BCUT2D eigenvalue weighted by atomic mass is 127. The van der Waals surface area contributed by atoms with Crippen LogP contribution in [-0.2, 0) is 10.2 Å². The van der Waals surface area contributed by atoms with Crippen molar-refractivity contribution in [3.63, 3.8) is 0 Å². The minimum absolute atomic E-state index is 0.115. The van der Waals surface area contributed by atoms with Gasteiger partial charge in [-0.2, -0.15) is 0 Å². The van der Waals surface area contributed by atoms with E-state index in [2.05, 4.69) is 126 Å². The third-order valence-corrected chi connectivity index (χ3v) is 10.1. The third kappa shape index (κ3) is 8.36. The molecule has 0 aliphatic carbocycles. The van der Waals surface area contributed by atoms with Crippen LogP contribution in [0.25, 0.3) is 0 Å². The van der Waals surface area contributed by atoms with Crippen LogP contribution in [0.2, 0.25) is 0 Å². The average molecular weight is 909 g/mol. The number of rotatable bonds is 7. The molecule has 8 heteroatoms. The van der Waals surface area contributed by atoms with Crippen molar-refractivity contribution in [2.24, 2.45) is 0 Å². The number of carbonyl (C=O) groups is 1. The van der Waals surface area contributed by atoms with Gasteiger partial charge in [0, 0.05) is 9.13 Å². The van der Waals surface area contributed by atoms with Gasteiger partial charge in [-0.1, -0.05) is 32.9 Å². The smallest absolute Gasteiger partial charge is 0.490 e. The number of aryl methyl sites for hydroxylation is 1. The van der Waals surface area contributed by atoms with Gasteiger partial charge in [0.2, 0.25) is 0 Å². The number of benzene rings is 3. The van der Waals surface area contributed by atoms with E-state index in [-0.39, 0.29) is 39.8 Å². The Hall–Kier alpha value is -0.350. The Bertz CT molecular complexity index is 1130. The Kier molecular flexibility index (Phi) is 10.6. The van der Waals surface area contributed by atoms with Crippen LogP contribution in [0.3, 0.4) is 0 Å². The fourth-order valence-corrected chi connectivity index (χ4v) is 9.10. The number of halogens is 4. The Morgan fingerprint density at radius 2 is 1.56 bits per heavy atom. The largest absolute Gasteiger partial charge is 0.514 e. The first-order valence-electron chi connectivity index (χ1n) is 10.5. The number of carbonyl (C=O) groups excluding carboxylic acids is 1. The minimum atomic E-state index is -0.727. The summed E-state index contributed by atoms with van der Waals surface area (Å²) in [7, 11) is 0. The summed E-state index contributed by atoms with van der Waals surface area (Å²) in [6.45, 7) is 9.20. The molecule has 180 valence electrons. The highest BCUT2D eigenvalue weighted by Crippen LogP contribution is 2.29. The predicted octanol–water partition coefficient (Wildman–Crippen LogP) is 4.83. The molecule has 0 N–H and O–H groups in total. The molecule has 0 aromatic heterocycles. The minimum Gasteiger partial charge on any atom is -0.490 e. The van der Waals surface area contributed by atoms with Crippen LogP contribution in [0.5, 0.6) is 11.5 Å². The number of hydrogen-bond acceptors (Lipinski definition) is 4. The molecule has 3 aromatic rings. The molecular weight excluding hydrogens is 884 g/mol.